The Morgan fingerprint density at radius 1 is 1.12 bits per heavy atom. The average Bonchev–Trinajstić information content (AvgIpc) is 2.54. The van der Waals surface area contributed by atoms with Crippen molar-refractivity contribution in [3.05, 3.63) is 64.4 Å². The van der Waals surface area contributed by atoms with Gasteiger partial charge in [-0.2, -0.15) is 13.2 Å². The van der Waals surface area contributed by atoms with E-state index in [0.29, 0.717) is 5.56 Å². The summed E-state index contributed by atoms with van der Waals surface area (Å²) in [6.07, 6.45) is -4.30. The van der Waals surface area contributed by atoms with E-state index in [9.17, 15) is 22.4 Å². The second-order valence-corrected chi connectivity index (χ2v) is 5.67. The van der Waals surface area contributed by atoms with Crippen molar-refractivity contribution in [2.24, 2.45) is 0 Å². The predicted molar refractivity (Wildman–Crippen MR) is 88.1 cm³/mol. The van der Waals surface area contributed by atoms with Crippen LogP contribution in [0.3, 0.4) is 0 Å². The van der Waals surface area contributed by atoms with E-state index in [1.165, 1.54) is 12.1 Å². The lowest BCUT2D eigenvalue weighted by molar-refractivity contribution is -0.137. The maximum absolute atomic E-state index is 13.4. The van der Waals surface area contributed by atoms with Crippen LogP contribution in [-0.2, 0) is 17.4 Å². The first kappa shape index (κ1) is 19.1. The van der Waals surface area contributed by atoms with Crippen molar-refractivity contribution in [1.82, 2.24) is 5.32 Å². The third-order valence-corrected chi connectivity index (χ3v) is 3.64. The smallest absolute Gasteiger partial charge is 0.376 e. The molecule has 0 heterocycles. The van der Waals surface area contributed by atoms with E-state index in [1.807, 2.05) is 0 Å². The Morgan fingerprint density at radius 2 is 1.84 bits per heavy atom. The van der Waals surface area contributed by atoms with Gasteiger partial charge < -0.3 is 10.6 Å². The third-order valence-electron chi connectivity index (χ3n) is 3.40. The Hall–Kier alpha value is -2.28. The lowest BCUT2D eigenvalue weighted by Gasteiger charge is -2.15. The quantitative estimate of drug-likeness (QED) is 0.741. The van der Waals surface area contributed by atoms with Crippen LogP contribution >= 0.6 is 11.6 Å². The zero-order valence-corrected chi connectivity index (χ0v) is 13.7. The number of benzene rings is 2. The van der Waals surface area contributed by atoms with Crippen molar-refractivity contribution in [3.8, 4) is 0 Å². The van der Waals surface area contributed by atoms with E-state index in [-0.39, 0.29) is 36.0 Å². The number of carbonyl (C=O) groups excluding carboxylic acids is 1. The minimum Gasteiger partial charge on any atom is -0.376 e. The summed E-state index contributed by atoms with van der Waals surface area (Å²) >= 11 is 5.59. The second-order valence-electron chi connectivity index (χ2n) is 5.23. The minimum absolute atomic E-state index is 0.0489. The first-order valence-corrected chi connectivity index (χ1v) is 7.76. The number of hydrogen-bond acceptors (Lipinski definition) is 2. The average molecular weight is 375 g/mol. The molecule has 2 aromatic carbocycles. The Kier molecular flexibility index (Phi) is 6.25. The lowest BCUT2D eigenvalue weighted by atomic mass is 10.1. The van der Waals surface area contributed by atoms with E-state index in [2.05, 4.69) is 10.6 Å². The highest BCUT2D eigenvalue weighted by atomic mass is 35.5. The third kappa shape index (κ3) is 5.63. The van der Waals surface area contributed by atoms with Gasteiger partial charge in [0, 0.05) is 17.3 Å². The Balaban J connectivity index is 1.87. The fraction of sp³-hybridized carbons (Fsp3) is 0.235. The molecule has 0 aliphatic rings. The molecule has 2 N–H and O–H groups in total. The molecule has 8 heteroatoms. The van der Waals surface area contributed by atoms with E-state index in [0.717, 1.165) is 12.1 Å². The molecule has 25 heavy (non-hydrogen) atoms. The summed E-state index contributed by atoms with van der Waals surface area (Å²) in [4.78, 5) is 11.7. The molecule has 3 nitrogen and oxygen atoms in total. The van der Waals surface area contributed by atoms with E-state index >= 15 is 0 Å². The summed E-state index contributed by atoms with van der Waals surface area (Å²) in [6, 6.07) is 9.42. The van der Waals surface area contributed by atoms with Crippen molar-refractivity contribution < 1.29 is 22.4 Å². The second kappa shape index (κ2) is 8.20. The van der Waals surface area contributed by atoms with Gasteiger partial charge in [-0.15, -0.1) is 0 Å². The summed E-state index contributed by atoms with van der Waals surface area (Å²) < 4.78 is 52.3. The molecule has 134 valence electrons. The molecule has 0 unspecified atom stereocenters. The number of nitrogens with one attached hydrogen (secondary N) is 2. The highest BCUT2D eigenvalue weighted by Crippen LogP contribution is 2.36. The normalized spacial score (nSPS) is 11.2. The first-order chi connectivity index (χ1) is 11.8. The van der Waals surface area contributed by atoms with Crippen LogP contribution < -0.4 is 10.6 Å². The molecule has 0 saturated heterocycles. The van der Waals surface area contributed by atoms with Crippen molar-refractivity contribution in [2.45, 2.75) is 12.6 Å². The van der Waals surface area contributed by atoms with Gasteiger partial charge in [0.25, 0.3) is 0 Å². The number of halogens is 5. The molecule has 0 saturated carbocycles. The largest absolute Gasteiger partial charge is 0.418 e. The van der Waals surface area contributed by atoms with Crippen LogP contribution in [0.4, 0.5) is 23.2 Å². The molecule has 2 rings (SSSR count). The van der Waals surface area contributed by atoms with Crippen LogP contribution in [0.2, 0.25) is 5.02 Å². The van der Waals surface area contributed by atoms with Gasteiger partial charge in [0.2, 0.25) is 5.91 Å². The lowest BCUT2D eigenvalue weighted by Crippen LogP contribution is -2.32. The fourth-order valence-electron chi connectivity index (χ4n) is 2.18. The SMILES string of the molecule is O=C(CNc1ccc(Cl)cc1C(F)(F)F)NCCc1ccccc1F. The molecule has 0 spiro atoms. The summed E-state index contributed by atoms with van der Waals surface area (Å²) in [5.74, 6) is -0.870. The van der Waals surface area contributed by atoms with Crippen molar-refractivity contribution in [2.75, 3.05) is 18.4 Å². The maximum atomic E-state index is 13.4. The van der Waals surface area contributed by atoms with Crippen LogP contribution in [-0.4, -0.2) is 19.0 Å². The van der Waals surface area contributed by atoms with Crippen LogP contribution in [0.1, 0.15) is 11.1 Å². The molecular formula is C17H15ClF4N2O. The number of anilines is 1. The van der Waals surface area contributed by atoms with Gasteiger partial charge in [0.1, 0.15) is 5.82 Å². The molecule has 0 aliphatic carbocycles. The Bertz CT molecular complexity index is 750. The minimum atomic E-state index is -4.59. The summed E-state index contributed by atoms with van der Waals surface area (Å²) in [6.45, 7) is -0.170. The van der Waals surface area contributed by atoms with Gasteiger partial charge in [-0.05, 0) is 36.2 Å². The molecular weight excluding hydrogens is 360 g/mol. The molecule has 1 amide bonds. The Morgan fingerprint density at radius 3 is 2.52 bits per heavy atom. The number of hydrogen-bond donors (Lipinski definition) is 2. The van der Waals surface area contributed by atoms with Gasteiger partial charge >= 0.3 is 6.18 Å². The number of carbonyl (C=O) groups is 1. The number of alkyl halides is 3. The maximum Gasteiger partial charge on any atom is 0.418 e. The van der Waals surface area contributed by atoms with E-state index in [1.54, 1.807) is 18.2 Å². The first-order valence-electron chi connectivity index (χ1n) is 7.38. The van der Waals surface area contributed by atoms with Crippen molar-refractivity contribution in [1.29, 1.82) is 0 Å². The molecule has 0 aliphatic heterocycles. The monoisotopic (exact) mass is 374 g/mol. The summed E-state index contributed by atoms with van der Waals surface area (Å²) in [5, 5.41) is 4.92. The van der Waals surface area contributed by atoms with Gasteiger partial charge in [-0.3, -0.25) is 4.79 Å². The van der Waals surface area contributed by atoms with Gasteiger partial charge in [0.15, 0.2) is 0 Å². The summed E-state index contributed by atoms with van der Waals surface area (Å²) in [7, 11) is 0. The predicted octanol–water partition coefficient (Wildman–Crippen LogP) is 4.27. The molecule has 0 fully saturated rings. The standard InChI is InChI=1S/C17H15ClF4N2O/c18-12-5-6-15(13(9-12)17(20,21)22)24-10-16(25)23-8-7-11-3-1-2-4-14(11)19/h1-6,9,24H,7-8,10H2,(H,23,25). The molecule has 2 aromatic rings. The van der Waals surface area contributed by atoms with Crippen molar-refractivity contribution in [3.63, 3.8) is 0 Å². The molecule has 0 radical (unpaired) electrons. The fourth-order valence-corrected chi connectivity index (χ4v) is 2.35. The van der Waals surface area contributed by atoms with Crippen molar-refractivity contribution >= 4 is 23.2 Å². The van der Waals surface area contributed by atoms with E-state index in [4.69, 9.17) is 11.6 Å². The van der Waals surface area contributed by atoms with Crippen LogP contribution in [0.25, 0.3) is 0 Å². The van der Waals surface area contributed by atoms with Crippen LogP contribution in [0.15, 0.2) is 42.5 Å². The highest BCUT2D eigenvalue weighted by molar-refractivity contribution is 6.30. The zero-order valence-electron chi connectivity index (χ0n) is 13.0. The van der Waals surface area contributed by atoms with E-state index < -0.39 is 17.6 Å². The number of amides is 1. The van der Waals surface area contributed by atoms with Crippen LogP contribution in [0.5, 0.6) is 0 Å². The van der Waals surface area contributed by atoms with Crippen LogP contribution in [0, 0.1) is 5.82 Å². The molecule has 0 bridgehead atoms. The summed E-state index contributed by atoms with van der Waals surface area (Å²) in [5.41, 5.74) is -0.729. The topological polar surface area (TPSA) is 41.1 Å². The molecule has 0 atom stereocenters. The Labute approximate surface area is 147 Å². The highest BCUT2D eigenvalue weighted by Gasteiger charge is 2.33. The van der Waals surface area contributed by atoms with Gasteiger partial charge in [-0.25, -0.2) is 4.39 Å². The molecule has 0 aromatic heterocycles. The number of rotatable bonds is 6. The van der Waals surface area contributed by atoms with Gasteiger partial charge in [-0.1, -0.05) is 29.8 Å². The van der Waals surface area contributed by atoms with Gasteiger partial charge in [0.05, 0.1) is 12.1 Å². The zero-order chi connectivity index (χ0) is 18.4.